The zero-order valence-electron chi connectivity index (χ0n) is 21.7. The highest BCUT2D eigenvalue weighted by molar-refractivity contribution is 5.94. The third kappa shape index (κ3) is 7.19. The number of carboxylic acid groups (broad SMARTS) is 1. The molecule has 1 aromatic carbocycles. The summed E-state index contributed by atoms with van der Waals surface area (Å²) in [5, 5.41) is 18.4. The van der Waals surface area contributed by atoms with E-state index in [0.717, 1.165) is 16.5 Å². The lowest BCUT2D eigenvalue weighted by Crippen LogP contribution is -2.57. The van der Waals surface area contributed by atoms with Crippen molar-refractivity contribution >= 4 is 34.6 Å². The summed E-state index contributed by atoms with van der Waals surface area (Å²) in [7, 11) is 0. The Hall–Kier alpha value is -4.19. The van der Waals surface area contributed by atoms with E-state index in [4.69, 9.17) is 5.73 Å². The first kappa shape index (κ1) is 28.4. The van der Waals surface area contributed by atoms with Crippen molar-refractivity contribution in [3.05, 3.63) is 54.2 Å². The number of carbonyl (C=O) groups excluding carboxylic acids is 3. The monoisotopic (exact) mass is 525 g/mol. The van der Waals surface area contributed by atoms with Crippen molar-refractivity contribution in [2.75, 3.05) is 0 Å². The lowest BCUT2D eigenvalue weighted by atomic mass is 9.99. The van der Waals surface area contributed by atoms with Crippen LogP contribution in [0.4, 0.5) is 0 Å². The molecule has 0 aliphatic carbocycles. The number of rotatable bonds is 13. The van der Waals surface area contributed by atoms with Crippen LogP contribution in [0.25, 0.3) is 10.9 Å². The number of nitrogens with zero attached hydrogens (tertiary/aromatic N) is 1. The maximum atomic E-state index is 13.3. The smallest absolute Gasteiger partial charge is 0.326 e. The Labute approximate surface area is 220 Å². The molecular weight excluding hydrogens is 490 g/mol. The van der Waals surface area contributed by atoms with Crippen molar-refractivity contribution in [1.82, 2.24) is 30.9 Å². The van der Waals surface area contributed by atoms with Gasteiger partial charge in [-0.15, -0.1) is 0 Å². The predicted molar refractivity (Wildman–Crippen MR) is 141 cm³/mol. The van der Waals surface area contributed by atoms with Gasteiger partial charge in [0.15, 0.2) is 0 Å². The van der Waals surface area contributed by atoms with Crippen molar-refractivity contribution in [2.24, 2.45) is 11.7 Å². The molecule has 38 heavy (non-hydrogen) atoms. The van der Waals surface area contributed by atoms with Crippen molar-refractivity contribution in [2.45, 2.75) is 64.2 Å². The van der Waals surface area contributed by atoms with Crippen molar-refractivity contribution < 1.29 is 24.3 Å². The van der Waals surface area contributed by atoms with Crippen LogP contribution in [0.5, 0.6) is 0 Å². The summed E-state index contributed by atoms with van der Waals surface area (Å²) < 4.78 is 0. The molecule has 3 amide bonds. The topological polar surface area (TPSA) is 195 Å². The molecule has 2 aromatic heterocycles. The summed E-state index contributed by atoms with van der Waals surface area (Å²) in [4.78, 5) is 60.5. The first-order valence-corrected chi connectivity index (χ1v) is 12.5. The highest BCUT2D eigenvalue weighted by atomic mass is 16.4. The number of nitrogens with two attached hydrogens (primary N) is 1. The van der Waals surface area contributed by atoms with Gasteiger partial charge in [-0.3, -0.25) is 14.4 Å². The van der Waals surface area contributed by atoms with Crippen LogP contribution in [0.1, 0.15) is 38.4 Å². The van der Waals surface area contributed by atoms with Gasteiger partial charge in [0.1, 0.15) is 18.1 Å². The number of imidazole rings is 1. The number of para-hydroxylation sites is 1. The summed E-state index contributed by atoms with van der Waals surface area (Å²) in [6, 6.07) is 3.37. The normalized spacial score (nSPS) is 15.2. The number of carboxylic acids is 1. The second kappa shape index (κ2) is 12.9. The summed E-state index contributed by atoms with van der Waals surface area (Å²) >= 11 is 0. The van der Waals surface area contributed by atoms with Gasteiger partial charge < -0.3 is 36.8 Å². The Morgan fingerprint density at radius 2 is 1.68 bits per heavy atom. The number of hydrogen-bond acceptors (Lipinski definition) is 6. The fourth-order valence-electron chi connectivity index (χ4n) is 4.00. The maximum absolute atomic E-state index is 13.3. The molecule has 5 atom stereocenters. The summed E-state index contributed by atoms with van der Waals surface area (Å²) in [6.45, 7) is 5.26. The van der Waals surface area contributed by atoms with Gasteiger partial charge in [-0.25, -0.2) is 9.78 Å². The Bertz CT molecular complexity index is 1260. The molecule has 12 heteroatoms. The Morgan fingerprint density at radius 1 is 0.974 bits per heavy atom. The zero-order chi connectivity index (χ0) is 27.8. The zero-order valence-corrected chi connectivity index (χ0v) is 21.7. The van der Waals surface area contributed by atoms with Crippen molar-refractivity contribution in [3.8, 4) is 0 Å². The Kier molecular flexibility index (Phi) is 9.61. The number of aromatic amines is 2. The number of aromatic nitrogens is 3. The standard InChI is InChI=1S/C26H35N7O5/c1-4-14(2)22(27)25(36)31-15(3)23(34)32-20(9-16-11-29-19-8-6-5-7-18(16)19)24(35)33-21(26(37)38)10-17-12-28-13-30-17/h5-8,11-15,20-22,29H,4,9-10,27H2,1-3H3,(H,28,30)(H,31,36)(H,32,34)(H,33,35)(H,37,38). The highest BCUT2D eigenvalue weighted by Crippen LogP contribution is 2.19. The number of hydrogen-bond donors (Lipinski definition) is 7. The lowest BCUT2D eigenvalue weighted by molar-refractivity contribution is -0.142. The van der Waals surface area contributed by atoms with Gasteiger partial charge >= 0.3 is 5.97 Å². The molecule has 0 saturated carbocycles. The molecule has 0 fully saturated rings. The first-order chi connectivity index (χ1) is 18.1. The Balaban J connectivity index is 1.78. The fourth-order valence-corrected chi connectivity index (χ4v) is 4.00. The van der Waals surface area contributed by atoms with Crippen LogP contribution in [0, 0.1) is 5.92 Å². The van der Waals surface area contributed by atoms with Crippen LogP contribution in [0.2, 0.25) is 0 Å². The Morgan fingerprint density at radius 3 is 2.34 bits per heavy atom. The van der Waals surface area contributed by atoms with E-state index in [0.29, 0.717) is 12.1 Å². The summed E-state index contributed by atoms with van der Waals surface area (Å²) in [6.07, 6.45) is 5.40. The maximum Gasteiger partial charge on any atom is 0.326 e. The summed E-state index contributed by atoms with van der Waals surface area (Å²) in [5.74, 6) is -3.05. The molecule has 204 valence electrons. The van der Waals surface area contributed by atoms with E-state index in [-0.39, 0.29) is 18.8 Å². The van der Waals surface area contributed by atoms with Crippen molar-refractivity contribution in [3.63, 3.8) is 0 Å². The minimum Gasteiger partial charge on any atom is -0.480 e. The molecule has 2 heterocycles. The second-order valence-electron chi connectivity index (χ2n) is 9.45. The average molecular weight is 526 g/mol. The molecule has 3 aromatic rings. The van der Waals surface area contributed by atoms with Crippen molar-refractivity contribution in [1.29, 1.82) is 0 Å². The van der Waals surface area contributed by atoms with Gasteiger partial charge in [-0.2, -0.15) is 0 Å². The van der Waals surface area contributed by atoms with E-state index in [1.807, 2.05) is 38.1 Å². The summed E-state index contributed by atoms with van der Waals surface area (Å²) in [5.41, 5.74) is 8.13. The molecule has 0 spiro atoms. The van der Waals surface area contributed by atoms with Crippen LogP contribution in [-0.2, 0) is 32.0 Å². The van der Waals surface area contributed by atoms with Crippen LogP contribution in [0.15, 0.2) is 43.0 Å². The number of carbonyl (C=O) groups is 4. The molecule has 5 unspecified atom stereocenters. The molecule has 0 aliphatic heterocycles. The molecule has 12 nitrogen and oxygen atoms in total. The molecule has 3 rings (SSSR count). The van der Waals surface area contributed by atoms with Gasteiger partial charge in [0.25, 0.3) is 0 Å². The van der Waals surface area contributed by atoms with Crippen LogP contribution >= 0.6 is 0 Å². The minimum absolute atomic E-state index is 0.0191. The van der Waals surface area contributed by atoms with E-state index >= 15 is 0 Å². The van der Waals surface area contributed by atoms with Gasteiger partial charge in [0.2, 0.25) is 17.7 Å². The van der Waals surface area contributed by atoms with E-state index in [2.05, 4.69) is 30.9 Å². The van der Waals surface area contributed by atoms with E-state index in [1.165, 1.54) is 19.4 Å². The molecule has 8 N–H and O–H groups in total. The highest BCUT2D eigenvalue weighted by Gasteiger charge is 2.30. The van der Waals surface area contributed by atoms with E-state index in [1.54, 1.807) is 6.20 Å². The number of amides is 3. The van der Waals surface area contributed by atoms with Crippen LogP contribution in [0.3, 0.4) is 0 Å². The number of aliphatic carboxylic acids is 1. The first-order valence-electron chi connectivity index (χ1n) is 12.5. The van der Waals surface area contributed by atoms with Gasteiger partial charge in [0, 0.05) is 41.8 Å². The molecule has 0 saturated heterocycles. The number of benzene rings is 1. The third-order valence-electron chi connectivity index (χ3n) is 6.64. The third-order valence-corrected chi connectivity index (χ3v) is 6.64. The molecule has 0 bridgehead atoms. The lowest BCUT2D eigenvalue weighted by Gasteiger charge is -2.24. The largest absolute Gasteiger partial charge is 0.480 e. The fraction of sp³-hybridized carbons (Fsp3) is 0.423. The number of H-pyrrole nitrogens is 2. The number of fused-ring (bicyclic) bond motifs is 1. The number of nitrogens with one attached hydrogen (secondary N) is 5. The quantitative estimate of drug-likeness (QED) is 0.170. The minimum atomic E-state index is -1.25. The van der Waals surface area contributed by atoms with Crippen LogP contribution < -0.4 is 21.7 Å². The second-order valence-corrected chi connectivity index (χ2v) is 9.45. The molecule has 0 radical (unpaired) electrons. The van der Waals surface area contributed by atoms with Gasteiger partial charge in [-0.1, -0.05) is 38.5 Å². The molecule has 0 aliphatic rings. The molecular formula is C26H35N7O5. The van der Waals surface area contributed by atoms with Crippen LogP contribution in [-0.4, -0.2) is 67.9 Å². The van der Waals surface area contributed by atoms with E-state index < -0.39 is 47.9 Å². The van der Waals surface area contributed by atoms with Gasteiger partial charge in [0.05, 0.1) is 12.4 Å². The average Bonchev–Trinajstić information content (AvgIpc) is 3.56. The SMILES string of the molecule is CCC(C)C(N)C(=O)NC(C)C(=O)NC(Cc1c[nH]c2ccccc12)C(=O)NC(Cc1cnc[nH]1)C(=O)O. The predicted octanol–water partition coefficient (Wildman–Crippen LogP) is 0.609. The van der Waals surface area contributed by atoms with Gasteiger partial charge in [-0.05, 0) is 24.5 Å². The van der Waals surface area contributed by atoms with E-state index in [9.17, 15) is 24.3 Å².